The summed E-state index contributed by atoms with van der Waals surface area (Å²) >= 11 is 1.61. The number of thioether (sulfide) groups is 1. The zero-order valence-electron chi connectivity index (χ0n) is 9.16. The highest BCUT2D eigenvalue weighted by Crippen LogP contribution is 2.11. The Morgan fingerprint density at radius 2 is 2.44 bits per heavy atom. The Bertz CT molecular complexity index is 386. The third kappa shape index (κ3) is 3.10. The van der Waals surface area contributed by atoms with Crippen LogP contribution in [-0.2, 0) is 0 Å². The first-order valence-corrected chi connectivity index (χ1v) is 6.15. The van der Waals surface area contributed by atoms with Crippen molar-refractivity contribution in [2.75, 3.05) is 17.7 Å². The van der Waals surface area contributed by atoms with Crippen LogP contribution in [0, 0.1) is 5.82 Å². The first kappa shape index (κ1) is 12.8. The maximum Gasteiger partial charge on any atom is 0.254 e. The van der Waals surface area contributed by atoms with Gasteiger partial charge >= 0.3 is 0 Å². The summed E-state index contributed by atoms with van der Waals surface area (Å²) in [6.45, 7) is 1.86. The minimum absolute atomic E-state index is 0.0173. The Morgan fingerprint density at radius 1 is 1.75 bits per heavy atom. The van der Waals surface area contributed by atoms with Gasteiger partial charge in [-0.2, -0.15) is 11.8 Å². The molecule has 1 unspecified atom stereocenters. The molecule has 1 amide bonds. The normalized spacial score (nSPS) is 12.2. The topological polar surface area (TPSA) is 68.0 Å². The molecule has 0 aromatic carbocycles. The van der Waals surface area contributed by atoms with Crippen LogP contribution in [0.25, 0.3) is 0 Å². The molecule has 1 heterocycles. The van der Waals surface area contributed by atoms with Gasteiger partial charge in [-0.05, 0) is 19.2 Å². The molecule has 1 atom stereocenters. The quantitative estimate of drug-likeness (QED) is 0.836. The largest absolute Gasteiger partial charge is 0.381 e. The van der Waals surface area contributed by atoms with Crippen LogP contribution in [0.4, 0.5) is 10.2 Å². The third-order valence-corrected chi connectivity index (χ3v) is 2.79. The van der Waals surface area contributed by atoms with Crippen molar-refractivity contribution in [1.29, 1.82) is 0 Å². The number of nitrogens with two attached hydrogens (primary N) is 1. The number of anilines is 1. The van der Waals surface area contributed by atoms with Gasteiger partial charge in [-0.3, -0.25) is 4.79 Å². The van der Waals surface area contributed by atoms with Gasteiger partial charge in [0.2, 0.25) is 0 Å². The molecule has 0 aliphatic heterocycles. The highest BCUT2D eigenvalue weighted by molar-refractivity contribution is 7.98. The van der Waals surface area contributed by atoms with E-state index in [9.17, 15) is 9.18 Å². The summed E-state index contributed by atoms with van der Waals surface area (Å²) in [6.07, 6.45) is 3.25. The van der Waals surface area contributed by atoms with Gasteiger partial charge in [0.15, 0.2) is 11.6 Å². The van der Waals surface area contributed by atoms with E-state index in [1.54, 1.807) is 11.8 Å². The van der Waals surface area contributed by atoms with E-state index in [0.717, 1.165) is 5.75 Å². The van der Waals surface area contributed by atoms with Crippen molar-refractivity contribution in [1.82, 2.24) is 10.3 Å². The number of hydrogen-bond donors (Lipinski definition) is 2. The van der Waals surface area contributed by atoms with E-state index in [2.05, 4.69) is 10.3 Å². The lowest BCUT2D eigenvalue weighted by Crippen LogP contribution is -2.34. The molecule has 4 nitrogen and oxygen atoms in total. The fourth-order valence-electron chi connectivity index (χ4n) is 1.23. The average Bonchev–Trinajstić information content (AvgIpc) is 2.22. The second kappa shape index (κ2) is 5.69. The number of nitrogen functional groups attached to an aromatic ring is 1. The molecule has 0 spiro atoms. The van der Waals surface area contributed by atoms with Gasteiger partial charge in [0.05, 0.1) is 5.56 Å². The smallest absolute Gasteiger partial charge is 0.254 e. The van der Waals surface area contributed by atoms with E-state index >= 15 is 0 Å². The monoisotopic (exact) mass is 243 g/mol. The summed E-state index contributed by atoms with van der Waals surface area (Å²) < 4.78 is 13.4. The van der Waals surface area contributed by atoms with Crippen LogP contribution in [0.15, 0.2) is 12.3 Å². The van der Waals surface area contributed by atoms with Gasteiger partial charge in [0.25, 0.3) is 5.91 Å². The molecule has 16 heavy (non-hydrogen) atoms. The lowest BCUT2D eigenvalue weighted by atomic mass is 10.2. The summed E-state index contributed by atoms with van der Waals surface area (Å²) in [6, 6.07) is 1.30. The zero-order valence-corrected chi connectivity index (χ0v) is 9.97. The van der Waals surface area contributed by atoms with Gasteiger partial charge < -0.3 is 11.1 Å². The lowest BCUT2D eigenvalue weighted by molar-refractivity contribution is 0.0939. The van der Waals surface area contributed by atoms with Crippen LogP contribution in [0.3, 0.4) is 0 Å². The third-order valence-electron chi connectivity index (χ3n) is 1.95. The molecule has 1 aromatic heterocycles. The Balaban J connectivity index is 2.77. The molecule has 6 heteroatoms. The maximum atomic E-state index is 13.4. The molecule has 0 radical (unpaired) electrons. The minimum Gasteiger partial charge on any atom is -0.381 e. The first-order chi connectivity index (χ1) is 7.56. The second-order valence-corrected chi connectivity index (χ2v) is 4.30. The average molecular weight is 243 g/mol. The summed E-state index contributed by atoms with van der Waals surface area (Å²) in [5.41, 5.74) is 5.21. The van der Waals surface area contributed by atoms with Crippen LogP contribution in [0.5, 0.6) is 0 Å². The maximum absolute atomic E-state index is 13.4. The number of carbonyl (C=O) groups excluding carboxylic acids is 1. The lowest BCUT2D eigenvalue weighted by Gasteiger charge is -2.12. The van der Waals surface area contributed by atoms with E-state index in [1.807, 2.05) is 13.2 Å². The standard InChI is InChI=1S/C10H14FN3OS/c1-6(5-16-2)14-10(15)7-3-4-13-9(12)8(7)11/h3-4,6H,5H2,1-2H3,(H2,12,13)(H,14,15). The van der Waals surface area contributed by atoms with E-state index in [1.165, 1.54) is 12.3 Å². The number of carbonyl (C=O) groups is 1. The van der Waals surface area contributed by atoms with Crippen LogP contribution in [-0.4, -0.2) is 28.9 Å². The number of hydrogen-bond acceptors (Lipinski definition) is 4. The van der Waals surface area contributed by atoms with Crippen molar-refractivity contribution in [2.24, 2.45) is 0 Å². The van der Waals surface area contributed by atoms with Gasteiger partial charge in [0.1, 0.15) is 0 Å². The molecule has 0 saturated heterocycles. The van der Waals surface area contributed by atoms with Crippen LogP contribution >= 0.6 is 11.8 Å². The van der Waals surface area contributed by atoms with Crippen molar-refractivity contribution in [3.8, 4) is 0 Å². The molecule has 0 saturated carbocycles. The molecule has 88 valence electrons. The van der Waals surface area contributed by atoms with E-state index in [4.69, 9.17) is 5.73 Å². The molecule has 1 aromatic rings. The summed E-state index contributed by atoms with van der Waals surface area (Å²) in [5, 5.41) is 2.68. The predicted molar refractivity (Wildman–Crippen MR) is 63.9 cm³/mol. The molecule has 0 fully saturated rings. The Hall–Kier alpha value is -1.30. The number of rotatable bonds is 4. The molecule has 0 aliphatic rings. The number of pyridine rings is 1. The molecular formula is C10H14FN3OS. The molecular weight excluding hydrogens is 229 g/mol. The number of amides is 1. The van der Waals surface area contributed by atoms with Crippen molar-refractivity contribution in [3.63, 3.8) is 0 Å². The summed E-state index contributed by atoms with van der Waals surface area (Å²) in [4.78, 5) is 15.2. The second-order valence-electron chi connectivity index (χ2n) is 3.39. The Kier molecular flexibility index (Phi) is 4.54. The van der Waals surface area contributed by atoms with Crippen molar-refractivity contribution in [3.05, 3.63) is 23.6 Å². The van der Waals surface area contributed by atoms with Crippen molar-refractivity contribution >= 4 is 23.5 Å². The SMILES string of the molecule is CSCC(C)NC(=O)c1ccnc(N)c1F. The molecule has 0 aliphatic carbocycles. The Morgan fingerprint density at radius 3 is 3.06 bits per heavy atom. The van der Waals surface area contributed by atoms with Crippen molar-refractivity contribution in [2.45, 2.75) is 13.0 Å². The highest BCUT2D eigenvalue weighted by atomic mass is 32.2. The van der Waals surface area contributed by atoms with Gasteiger partial charge in [-0.15, -0.1) is 0 Å². The van der Waals surface area contributed by atoms with E-state index in [-0.39, 0.29) is 17.4 Å². The van der Waals surface area contributed by atoms with Crippen LogP contribution < -0.4 is 11.1 Å². The number of nitrogens with zero attached hydrogens (tertiary/aromatic N) is 1. The van der Waals surface area contributed by atoms with Gasteiger partial charge in [-0.25, -0.2) is 9.37 Å². The Labute approximate surface area is 97.8 Å². The fourth-order valence-corrected chi connectivity index (χ4v) is 1.81. The van der Waals surface area contributed by atoms with Crippen LogP contribution in [0.1, 0.15) is 17.3 Å². The molecule has 1 rings (SSSR count). The number of nitrogens with one attached hydrogen (secondary N) is 1. The zero-order chi connectivity index (χ0) is 12.1. The predicted octanol–water partition coefficient (Wildman–Crippen LogP) is 1.28. The van der Waals surface area contributed by atoms with E-state index < -0.39 is 11.7 Å². The van der Waals surface area contributed by atoms with Crippen LogP contribution in [0.2, 0.25) is 0 Å². The minimum atomic E-state index is -0.767. The summed E-state index contributed by atoms with van der Waals surface area (Å²) in [5.74, 6) is -0.719. The van der Waals surface area contributed by atoms with Crippen molar-refractivity contribution < 1.29 is 9.18 Å². The molecule has 0 bridgehead atoms. The summed E-state index contributed by atoms with van der Waals surface area (Å²) in [7, 11) is 0. The first-order valence-electron chi connectivity index (χ1n) is 4.76. The molecule has 3 N–H and O–H groups in total. The highest BCUT2D eigenvalue weighted by Gasteiger charge is 2.15. The number of aromatic nitrogens is 1. The number of halogens is 1. The van der Waals surface area contributed by atoms with Gasteiger partial charge in [0, 0.05) is 18.0 Å². The van der Waals surface area contributed by atoms with Gasteiger partial charge in [-0.1, -0.05) is 0 Å². The fraction of sp³-hybridized carbons (Fsp3) is 0.400. The van der Waals surface area contributed by atoms with E-state index in [0.29, 0.717) is 0 Å².